The van der Waals surface area contributed by atoms with Gasteiger partial charge >= 0.3 is 0 Å². The maximum atomic E-state index is 6.44. The third kappa shape index (κ3) is 4.13. The lowest BCUT2D eigenvalue weighted by Crippen LogP contribution is -1.93. The molecule has 0 fully saturated rings. The van der Waals surface area contributed by atoms with Gasteiger partial charge in [-0.05, 0) is 113 Å². The molecule has 9 aromatic carbocycles. The third-order valence-electron chi connectivity index (χ3n) is 11.9. The van der Waals surface area contributed by atoms with Crippen LogP contribution in [-0.2, 0) is 0 Å². The highest BCUT2D eigenvalue weighted by Gasteiger charge is 2.18. The van der Waals surface area contributed by atoms with E-state index in [2.05, 4.69) is 173 Å². The second-order valence-electron chi connectivity index (χ2n) is 14.9. The minimum Gasteiger partial charge on any atom is -0.456 e. The van der Waals surface area contributed by atoms with Crippen LogP contribution in [0.2, 0.25) is 0 Å². The Morgan fingerprint density at radius 1 is 0.268 bits per heavy atom. The number of aromatic nitrogens is 2. The van der Waals surface area contributed by atoms with Crippen molar-refractivity contribution in [3.05, 3.63) is 182 Å². The maximum Gasteiger partial charge on any atom is 0.136 e. The zero-order valence-electron chi connectivity index (χ0n) is 30.0. The van der Waals surface area contributed by atoms with Crippen molar-refractivity contribution in [1.29, 1.82) is 0 Å². The zero-order valence-corrected chi connectivity index (χ0v) is 30.0. The second kappa shape index (κ2) is 11.0. The number of para-hydroxylation sites is 4. The van der Waals surface area contributed by atoms with Crippen LogP contribution in [0.3, 0.4) is 0 Å². The molecule has 0 atom stereocenters. The fourth-order valence-electron chi connectivity index (χ4n) is 9.30. The number of fused-ring (bicyclic) bond motifs is 13. The fraction of sp³-hybridized carbons (Fsp3) is 0. The number of hydrogen-bond acceptors (Lipinski definition) is 2. The third-order valence-corrected chi connectivity index (χ3v) is 11.9. The van der Waals surface area contributed by atoms with Crippen molar-refractivity contribution in [2.75, 3.05) is 0 Å². The predicted molar refractivity (Wildman–Crippen MR) is 233 cm³/mol. The van der Waals surface area contributed by atoms with Gasteiger partial charge in [0.2, 0.25) is 0 Å². The Bertz CT molecular complexity index is 3760. The normalized spacial score (nSPS) is 12.3. The average Bonchev–Trinajstić information content (AvgIpc) is 3.99. The fourth-order valence-corrected chi connectivity index (χ4v) is 9.30. The molecule has 0 N–H and O–H groups in total. The zero-order chi connectivity index (χ0) is 36.5. The van der Waals surface area contributed by atoms with E-state index in [1.807, 2.05) is 18.2 Å². The van der Waals surface area contributed by atoms with Gasteiger partial charge in [0, 0.05) is 54.5 Å². The van der Waals surface area contributed by atoms with Crippen LogP contribution in [0.15, 0.2) is 191 Å². The van der Waals surface area contributed by atoms with Crippen molar-refractivity contribution in [2.24, 2.45) is 0 Å². The van der Waals surface area contributed by atoms with Crippen molar-refractivity contribution in [3.63, 3.8) is 0 Å². The molecule has 4 nitrogen and oxygen atoms in total. The molecule has 0 aliphatic rings. The molecule has 0 bridgehead atoms. The van der Waals surface area contributed by atoms with E-state index in [1.165, 1.54) is 65.7 Å². The number of nitrogens with zero attached hydrogens (tertiary/aromatic N) is 2. The summed E-state index contributed by atoms with van der Waals surface area (Å²) in [5, 5.41) is 11.7. The molecule has 0 saturated carbocycles. The molecule has 260 valence electrons. The first-order chi connectivity index (χ1) is 27.7. The van der Waals surface area contributed by atoms with Gasteiger partial charge in [0.05, 0.1) is 22.1 Å². The summed E-state index contributed by atoms with van der Waals surface area (Å²) < 4.78 is 17.5. The average molecular weight is 715 g/mol. The molecule has 0 aliphatic carbocycles. The molecular weight excluding hydrogens is 685 g/mol. The Morgan fingerprint density at radius 2 is 0.839 bits per heavy atom. The van der Waals surface area contributed by atoms with E-state index < -0.39 is 0 Å². The van der Waals surface area contributed by atoms with Crippen molar-refractivity contribution in [3.8, 4) is 22.5 Å². The largest absolute Gasteiger partial charge is 0.456 e. The van der Waals surface area contributed by atoms with E-state index in [1.54, 1.807) is 0 Å². The highest BCUT2D eigenvalue weighted by Crippen LogP contribution is 2.41. The van der Waals surface area contributed by atoms with Gasteiger partial charge in [0.15, 0.2) is 0 Å². The molecule has 4 heteroatoms. The van der Waals surface area contributed by atoms with E-state index in [9.17, 15) is 0 Å². The molecule has 0 spiro atoms. The first-order valence-corrected chi connectivity index (χ1v) is 19.1. The van der Waals surface area contributed by atoms with Crippen LogP contribution in [0.5, 0.6) is 0 Å². The Labute approximate surface area is 319 Å². The summed E-state index contributed by atoms with van der Waals surface area (Å²) in [4.78, 5) is 0. The highest BCUT2D eigenvalue weighted by atomic mass is 16.3. The molecule has 56 heavy (non-hydrogen) atoms. The summed E-state index contributed by atoms with van der Waals surface area (Å²) in [5.41, 5.74) is 12.9. The standard InChI is InChI=1S/C52H30N2O2/c1-2-10-35(11-3-1)53-45-15-7-5-13-38(45)41-26-34-24-31(18-19-33(34)27-48(41)53)32-20-22-47-40(25-32)37-12-4-8-16-46(37)54(47)36-21-23-50-42(28-36)44-30-51-43(29-52(44)56-50)39-14-6-9-17-49(39)55-51/h1-30H. The van der Waals surface area contributed by atoms with Crippen LogP contribution < -0.4 is 0 Å². The monoisotopic (exact) mass is 714 g/mol. The molecular formula is C52H30N2O2. The molecule has 13 aromatic rings. The Hall–Kier alpha value is -7.56. The summed E-state index contributed by atoms with van der Waals surface area (Å²) >= 11 is 0. The van der Waals surface area contributed by atoms with Gasteiger partial charge in [0.1, 0.15) is 22.3 Å². The van der Waals surface area contributed by atoms with E-state index in [-0.39, 0.29) is 0 Å². The van der Waals surface area contributed by atoms with Crippen molar-refractivity contribution < 1.29 is 8.83 Å². The molecule has 0 unspecified atom stereocenters. The maximum absolute atomic E-state index is 6.44. The summed E-state index contributed by atoms with van der Waals surface area (Å²) in [6, 6.07) is 65.6. The smallest absolute Gasteiger partial charge is 0.136 e. The first-order valence-electron chi connectivity index (χ1n) is 19.1. The molecule has 0 saturated heterocycles. The first kappa shape index (κ1) is 29.8. The Balaban J connectivity index is 0.964. The van der Waals surface area contributed by atoms with Crippen LogP contribution in [-0.4, -0.2) is 9.13 Å². The van der Waals surface area contributed by atoms with E-state index in [4.69, 9.17) is 8.83 Å². The van der Waals surface area contributed by atoms with Gasteiger partial charge in [0.25, 0.3) is 0 Å². The van der Waals surface area contributed by atoms with Crippen molar-refractivity contribution >= 4 is 98.3 Å². The predicted octanol–water partition coefficient (Wildman–Crippen LogP) is 14.5. The Kier molecular flexibility index (Phi) is 5.86. The highest BCUT2D eigenvalue weighted by molar-refractivity contribution is 6.17. The molecule has 13 rings (SSSR count). The Morgan fingerprint density at radius 3 is 1.62 bits per heavy atom. The lowest BCUT2D eigenvalue weighted by atomic mass is 9.98. The lowest BCUT2D eigenvalue weighted by Gasteiger charge is -2.10. The quantitative estimate of drug-likeness (QED) is 0.183. The number of rotatable bonds is 3. The van der Waals surface area contributed by atoms with Crippen LogP contribution in [0, 0.1) is 0 Å². The SMILES string of the molecule is c1ccc(-n2c3ccccc3c3cc4cc(-c5ccc6c(c5)c5ccccc5n6-c5ccc6oc7cc8c(cc7c6c5)oc5ccccc58)ccc4cc32)cc1. The summed E-state index contributed by atoms with van der Waals surface area (Å²) in [6.07, 6.45) is 0. The van der Waals surface area contributed by atoms with Crippen LogP contribution in [0.1, 0.15) is 0 Å². The molecule has 4 heterocycles. The van der Waals surface area contributed by atoms with Gasteiger partial charge in [-0.1, -0.05) is 91.0 Å². The number of benzene rings is 9. The van der Waals surface area contributed by atoms with Crippen LogP contribution in [0.25, 0.3) is 121 Å². The topological polar surface area (TPSA) is 36.1 Å². The van der Waals surface area contributed by atoms with Gasteiger partial charge in [-0.2, -0.15) is 0 Å². The summed E-state index contributed by atoms with van der Waals surface area (Å²) in [6.45, 7) is 0. The van der Waals surface area contributed by atoms with Crippen molar-refractivity contribution in [2.45, 2.75) is 0 Å². The van der Waals surface area contributed by atoms with Crippen LogP contribution >= 0.6 is 0 Å². The number of furan rings is 2. The molecule has 4 aromatic heterocycles. The van der Waals surface area contributed by atoms with Gasteiger partial charge in [-0.3, -0.25) is 0 Å². The van der Waals surface area contributed by atoms with E-state index in [0.717, 1.165) is 55.1 Å². The van der Waals surface area contributed by atoms with Gasteiger partial charge < -0.3 is 18.0 Å². The van der Waals surface area contributed by atoms with Crippen LogP contribution in [0.4, 0.5) is 0 Å². The summed E-state index contributed by atoms with van der Waals surface area (Å²) in [5.74, 6) is 0. The molecule has 0 aliphatic heterocycles. The van der Waals surface area contributed by atoms with E-state index in [0.29, 0.717) is 0 Å². The summed E-state index contributed by atoms with van der Waals surface area (Å²) in [7, 11) is 0. The van der Waals surface area contributed by atoms with Gasteiger partial charge in [-0.25, -0.2) is 0 Å². The lowest BCUT2D eigenvalue weighted by molar-refractivity contribution is 0.664. The molecule has 0 radical (unpaired) electrons. The molecule has 0 amide bonds. The minimum atomic E-state index is 0.862. The van der Waals surface area contributed by atoms with E-state index >= 15 is 0 Å². The van der Waals surface area contributed by atoms with Gasteiger partial charge in [-0.15, -0.1) is 0 Å². The van der Waals surface area contributed by atoms with Crippen molar-refractivity contribution in [1.82, 2.24) is 9.13 Å². The minimum absolute atomic E-state index is 0.862. The second-order valence-corrected chi connectivity index (χ2v) is 14.9. The number of hydrogen-bond donors (Lipinski definition) is 0.